The van der Waals surface area contributed by atoms with Crippen LogP contribution in [0.25, 0.3) is 22.0 Å². The van der Waals surface area contributed by atoms with E-state index in [1.165, 1.54) is 0 Å². The molecule has 3 aromatic rings. The van der Waals surface area contributed by atoms with Gasteiger partial charge in [-0.05, 0) is 35.9 Å². The minimum atomic E-state index is 0.490. The minimum absolute atomic E-state index is 0.490. The van der Waals surface area contributed by atoms with Crippen LogP contribution in [0, 0.1) is 0 Å². The van der Waals surface area contributed by atoms with Crippen LogP contribution in [0.3, 0.4) is 0 Å². The Balaban J connectivity index is 2.24. The summed E-state index contributed by atoms with van der Waals surface area (Å²) >= 11 is 6.13. The van der Waals surface area contributed by atoms with Gasteiger partial charge in [0.05, 0.1) is 12.6 Å². The third kappa shape index (κ3) is 2.13. The normalized spacial score (nSPS) is 10.6. The number of halogens is 1. The van der Waals surface area contributed by atoms with Crippen molar-refractivity contribution >= 4 is 22.5 Å². The van der Waals surface area contributed by atoms with Gasteiger partial charge >= 0.3 is 0 Å². The van der Waals surface area contributed by atoms with Crippen molar-refractivity contribution < 1.29 is 4.74 Å². The fourth-order valence-electron chi connectivity index (χ4n) is 2.07. The third-order valence-electron chi connectivity index (χ3n) is 2.99. The zero-order valence-corrected chi connectivity index (χ0v) is 11.1. The summed E-state index contributed by atoms with van der Waals surface area (Å²) in [6, 6.07) is 11.6. The van der Waals surface area contributed by atoms with Gasteiger partial charge in [0.2, 0.25) is 0 Å². The summed E-state index contributed by atoms with van der Waals surface area (Å²) in [5, 5.41) is 1.45. The summed E-state index contributed by atoms with van der Waals surface area (Å²) in [6.07, 6.45) is 3.41. The zero-order valence-electron chi connectivity index (χ0n) is 10.3. The van der Waals surface area contributed by atoms with Crippen LogP contribution in [0.15, 0.2) is 48.8 Å². The summed E-state index contributed by atoms with van der Waals surface area (Å²) in [7, 11) is 1.65. The number of fused-ring (bicyclic) bond motifs is 1. The topological polar surface area (TPSA) is 35.0 Å². The predicted molar refractivity (Wildman–Crippen MR) is 76.5 cm³/mol. The highest BCUT2D eigenvalue weighted by Gasteiger charge is 2.07. The number of rotatable bonds is 2. The lowest BCUT2D eigenvalue weighted by Gasteiger charge is -2.08. The Morgan fingerprint density at radius 1 is 1.05 bits per heavy atom. The molecule has 3 nitrogen and oxygen atoms in total. The van der Waals surface area contributed by atoms with Crippen molar-refractivity contribution in [3.05, 3.63) is 53.9 Å². The second-order valence-corrected chi connectivity index (χ2v) is 4.44. The van der Waals surface area contributed by atoms with Gasteiger partial charge in [-0.2, -0.15) is 0 Å². The quantitative estimate of drug-likeness (QED) is 0.661. The van der Waals surface area contributed by atoms with E-state index in [9.17, 15) is 0 Å². The average molecular weight is 271 g/mol. The summed E-state index contributed by atoms with van der Waals surface area (Å²) in [4.78, 5) is 8.42. The largest absolute Gasteiger partial charge is 0.496 e. The van der Waals surface area contributed by atoms with Crippen molar-refractivity contribution in [2.24, 2.45) is 0 Å². The van der Waals surface area contributed by atoms with Gasteiger partial charge in [-0.1, -0.05) is 17.7 Å². The van der Waals surface area contributed by atoms with Crippen LogP contribution < -0.4 is 4.74 Å². The molecule has 0 bridgehead atoms. The lowest BCUT2D eigenvalue weighted by Crippen LogP contribution is -1.88. The van der Waals surface area contributed by atoms with E-state index < -0.39 is 0 Å². The van der Waals surface area contributed by atoms with Crippen LogP contribution in [0.4, 0.5) is 0 Å². The van der Waals surface area contributed by atoms with Gasteiger partial charge in [-0.3, -0.25) is 4.98 Å². The first-order chi connectivity index (χ1) is 9.29. The van der Waals surface area contributed by atoms with Gasteiger partial charge in [-0.15, -0.1) is 0 Å². The maximum absolute atomic E-state index is 6.13. The van der Waals surface area contributed by atoms with E-state index in [1.807, 2.05) is 36.4 Å². The van der Waals surface area contributed by atoms with E-state index in [0.29, 0.717) is 5.15 Å². The van der Waals surface area contributed by atoms with Crippen LogP contribution in [-0.4, -0.2) is 17.1 Å². The first-order valence-electron chi connectivity index (χ1n) is 5.83. The zero-order chi connectivity index (χ0) is 13.2. The molecule has 0 atom stereocenters. The Morgan fingerprint density at radius 2 is 1.95 bits per heavy atom. The molecule has 0 amide bonds. The Kier molecular flexibility index (Phi) is 3.05. The number of hydrogen-bond donors (Lipinski definition) is 0. The third-order valence-corrected chi connectivity index (χ3v) is 3.29. The van der Waals surface area contributed by atoms with Crippen molar-refractivity contribution in [3.8, 4) is 16.9 Å². The number of nitrogens with zero attached hydrogens (tertiary/aromatic N) is 2. The van der Waals surface area contributed by atoms with Gasteiger partial charge in [0.25, 0.3) is 0 Å². The molecular weight excluding hydrogens is 260 g/mol. The van der Waals surface area contributed by atoms with Crippen molar-refractivity contribution in [1.82, 2.24) is 9.97 Å². The minimum Gasteiger partial charge on any atom is -0.496 e. The van der Waals surface area contributed by atoms with Gasteiger partial charge < -0.3 is 4.74 Å². The lowest BCUT2D eigenvalue weighted by molar-refractivity contribution is 0.419. The maximum Gasteiger partial charge on any atom is 0.136 e. The number of benzene rings is 1. The average Bonchev–Trinajstić information content (AvgIpc) is 2.46. The smallest absolute Gasteiger partial charge is 0.136 e. The van der Waals surface area contributed by atoms with Crippen LogP contribution in [0.1, 0.15) is 0 Å². The van der Waals surface area contributed by atoms with E-state index in [2.05, 4.69) is 9.97 Å². The fourth-order valence-corrected chi connectivity index (χ4v) is 2.30. The first kappa shape index (κ1) is 11.9. The van der Waals surface area contributed by atoms with E-state index in [-0.39, 0.29) is 0 Å². The molecule has 0 fully saturated rings. The maximum atomic E-state index is 6.13. The standard InChI is InChI=1S/C15H11ClN2O/c1-19-14-6-8-17-13-5-4-10(9-12(13)14)11-3-2-7-18-15(11)16/h2-9H,1H3. The molecule has 0 N–H and O–H groups in total. The summed E-state index contributed by atoms with van der Waals surface area (Å²) in [5.41, 5.74) is 2.79. The Labute approximate surface area is 115 Å². The molecule has 19 heavy (non-hydrogen) atoms. The highest BCUT2D eigenvalue weighted by Crippen LogP contribution is 2.31. The molecule has 0 aliphatic heterocycles. The van der Waals surface area contributed by atoms with Crippen LogP contribution in [-0.2, 0) is 0 Å². The van der Waals surface area contributed by atoms with E-state index in [1.54, 1.807) is 19.5 Å². The van der Waals surface area contributed by atoms with Crippen molar-refractivity contribution in [1.29, 1.82) is 0 Å². The fraction of sp³-hybridized carbons (Fsp3) is 0.0667. The first-order valence-corrected chi connectivity index (χ1v) is 6.21. The molecule has 0 aliphatic rings. The highest BCUT2D eigenvalue weighted by atomic mass is 35.5. The Hall–Kier alpha value is -2.13. The predicted octanol–water partition coefficient (Wildman–Crippen LogP) is 3.96. The molecule has 2 heterocycles. The molecule has 0 saturated carbocycles. The second kappa shape index (κ2) is 4.86. The summed E-state index contributed by atoms with van der Waals surface area (Å²) < 4.78 is 5.36. The molecule has 0 unspecified atom stereocenters. The number of hydrogen-bond acceptors (Lipinski definition) is 3. The summed E-state index contributed by atoms with van der Waals surface area (Å²) in [6.45, 7) is 0. The molecule has 0 radical (unpaired) electrons. The Bertz CT molecular complexity index is 743. The van der Waals surface area contributed by atoms with E-state index >= 15 is 0 Å². The molecule has 2 aromatic heterocycles. The molecule has 0 saturated heterocycles. The molecule has 94 valence electrons. The van der Waals surface area contributed by atoms with Crippen LogP contribution in [0.2, 0.25) is 5.15 Å². The SMILES string of the molecule is COc1ccnc2ccc(-c3cccnc3Cl)cc12. The number of pyridine rings is 2. The van der Waals surface area contributed by atoms with Gasteiger partial charge in [0.15, 0.2) is 0 Å². The van der Waals surface area contributed by atoms with E-state index in [0.717, 1.165) is 27.8 Å². The van der Waals surface area contributed by atoms with Crippen LogP contribution >= 0.6 is 11.6 Å². The Morgan fingerprint density at radius 3 is 2.74 bits per heavy atom. The lowest BCUT2D eigenvalue weighted by atomic mass is 10.0. The molecule has 0 aliphatic carbocycles. The van der Waals surface area contributed by atoms with Crippen molar-refractivity contribution in [3.63, 3.8) is 0 Å². The van der Waals surface area contributed by atoms with Crippen molar-refractivity contribution in [2.45, 2.75) is 0 Å². The number of ether oxygens (including phenoxy) is 1. The number of aromatic nitrogens is 2. The highest BCUT2D eigenvalue weighted by molar-refractivity contribution is 6.32. The molecule has 3 rings (SSSR count). The summed E-state index contributed by atoms with van der Waals surface area (Å²) in [5.74, 6) is 0.798. The van der Waals surface area contributed by atoms with Crippen molar-refractivity contribution in [2.75, 3.05) is 7.11 Å². The van der Waals surface area contributed by atoms with Gasteiger partial charge in [0, 0.05) is 23.3 Å². The number of methoxy groups -OCH3 is 1. The molecular formula is C15H11ClN2O. The van der Waals surface area contributed by atoms with Gasteiger partial charge in [-0.25, -0.2) is 4.98 Å². The second-order valence-electron chi connectivity index (χ2n) is 4.09. The van der Waals surface area contributed by atoms with Gasteiger partial charge in [0.1, 0.15) is 10.9 Å². The van der Waals surface area contributed by atoms with Crippen LogP contribution in [0.5, 0.6) is 5.75 Å². The molecule has 4 heteroatoms. The van der Waals surface area contributed by atoms with E-state index in [4.69, 9.17) is 16.3 Å². The monoisotopic (exact) mass is 270 g/mol. The molecule has 1 aromatic carbocycles. The molecule has 0 spiro atoms.